The molecule has 176 valence electrons. The van der Waals surface area contributed by atoms with E-state index >= 15 is 0 Å². The molecule has 1 heterocycles. The molecule has 0 aliphatic heterocycles. The highest BCUT2D eigenvalue weighted by Gasteiger charge is 2.52. The van der Waals surface area contributed by atoms with Gasteiger partial charge in [0.1, 0.15) is 5.75 Å². The van der Waals surface area contributed by atoms with Crippen molar-refractivity contribution >= 4 is 16.9 Å². The number of carbonyl (C=O) groups is 1. The van der Waals surface area contributed by atoms with Crippen LogP contribution >= 0.6 is 0 Å². The third kappa shape index (κ3) is 3.92. The van der Waals surface area contributed by atoms with Gasteiger partial charge in [-0.25, -0.2) is 0 Å². The van der Waals surface area contributed by atoms with Crippen LogP contribution in [-0.2, 0) is 11.3 Å². The second-order valence-electron chi connectivity index (χ2n) is 11.5. The van der Waals surface area contributed by atoms with Gasteiger partial charge in [0.15, 0.2) is 0 Å². The predicted molar refractivity (Wildman–Crippen MR) is 128 cm³/mol. The fourth-order valence-corrected chi connectivity index (χ4v) is 7.06. The van der Waals surface area contributed by atoms with Crippen LogP contribution in [0.3, 0.4) is 0 Å². The SMILES string of the molecule is O=C(O)C12CCC(NCc3ccc4cc(OC5CCC6(CCC6)CC5)ccc4n3)(CC1)CC2. The van der Waals surface area contributed by atoms with E-state index in [2.05, 4.69) is 35.6 Å². The molecule has 5 heteroatoms. The summed E-state index contributed by atoms with van der Waals surface area (Å²) >= 11 is 0. The summed E-state index contributed by atoms with van der Waals surface area (Å²) in [6.45, 7) is 0.734. The zero-order valence-electron chi connectivity index (χ0n) is 19.6. The van der Waals surface area contributed by atoms with E-state index in [9.17, 15) is 9.90 Å². The molecule has 5 nitrogen and oxygen atoms in total. The Balaban J connectivity index is 1.07. The van der Waals surface area contributed by atoms with Crippen LogP contribution in [0.4, 0.5) is 0 Å². The lowest BCUT2D eigenvalue weighted by atomic mass is 9.57. The molecule has 5 aliphatic carbocycles. The number of pyridine rings is 1. The molecule has 1 aromatic carbocycles. The van der Waals surface area contributed by atoms with Crippen molar-refractivity contribution in [3.8, 4) is 5.75 Å². The van der Waals surface area contributed by atoms with Gasteiger partial charge in [-0.1, -0.05) is 12.5 Å². The summed E-state index contributed by atoms with van der Waals surface area (Å²) in [5.41, 5.74) is 2.36. The van der Waals surface area contributed by atoms with Gasteiger partial charge in [-0.2, -0.15) is 0 Å². The van der Waals surface area contributed by atoms with E-state index in [1.807, 2.05) is 0 Å². The molecule has 2 bridgehead atoms. The van der Waals surface area contributed by atoms with Crippen molar-refractivity contribution in [1.29, 1.82) is 0 Å². The number of rotatable bonds is 6. The van der Waals surface area contributed by atoms with E-state index in [1.54, 1.807) is 0 Å². The lowest BCUT2D eigenvalue weighted by Crippen LogP contribution is -2.56. The average molecular weight is 449 g/mol. The van der Waals surface area contributed by atoms with Gasteiger partial charge in [0, 0.05) is 17.5 Å². The Morgan fingerprint density at radius 3 is 2.33 bits per heavy atom. The minimum Gasteiger partial charge on any atom is -0.490 e. The van der Waals surface area contributed by atoms with Gasteiger partial charge in [-0.05, 0) is 107 Å². The molecule has 5 aliphatic rings. The monoisotopic (exact) mass is 448 g/mol. The number of benzene rings is 1. The van der Waals surface area contributed by atoms with Crippen LogP contribution in [0, 0.1) is 10.8 Å². The number of ether oxygens (including phenoxy) is 1. The number of hydrogen-bond acceptors (Lipinski definition) is 4. The highest BCUT2D eigenvalue weighted by atomic mass is 16.5. The second-order valence-corrected chi connectivity index (χ2v) is 11.5. The number of fused-ring (bicyclic) bond motifs is 4. The van der Waals surface area contributed by atoms with Crippen LogP contribution in [0.1, 0.15) is 89.2 Å². The molecule has 1 spiro atoms. The molecule has 0 saturated heterocycles. The summed E-state index contributed by atoms with van der Waals surface area (Å²) in [5.74, 6) is 0.371. The highest BCUT2D eigenvalue weighted by Crippen LogP contribution is 2.53. The highest BCUT2D eigenvalue weighted by molar-refractivity contribution is 5.80. The quantitative estimate of drug-likeness (QED) is 0.568. The molecule has 33 heavy (non-hydrogen) atoms. The lowest BCUT2D eigenvalue weighted by Gasteiger charge is -2.51. The van der Waals surface area contributed by atoms with E-state index < -0.39 is 11.4 Å². The summed E-state index contributed by atoms with van der Waals surface area (Å²) in [4.78, 5) is 16.6. The molecule has 2 N–H and O–H groups in total. The Morgan fingerprint density at radius 2 is 1.70 bits per heavy atom. The van der Waals surface area contributed by atoms with Crippen LogP contribution in [0.15, 0.2) is 30.3 Å². The first-order chi connectivity index (χ1) is 16.0. The third-order valence-electron chi connectivity index (χ3n) is 9.77. The molecule has 5 saturated carbocycles. The van der Waals surface area contributed by atoms with Crippen molar-refractivity contribution in [1.82, 2.24) is 10.3 Å². The number of nitrogens with zero attached hydrogens (tertiary/aromatic N) is 1. The first-order valence-corrected chi connectivity index (χ1v) is 13.0. The van der Waals surface area contributed by atoms with Crippen molar-refractivity contribution in [2.75, 3.05) is 0 Å². The van der Waals surface area contributed by atoms with Crippen molar-refractivity contribution in [3.05, 3.63) is 36.0 Å². The number of aliphatic carboxylic acids is 1. The van der Waals surface area contributed by atoms with E-state index in [4.69, 9.17) is 9.72 Å². The Labute approximate surface area is 196 Å². The van der Waals surface area contributed by atoms with Gasteiger partial charge in [0.25, 0.3) is 0 Å². The molecule has 0 radical (unpaired) electrons. The minimum absolute atomic E-state index is 0.0869. The van der Waals surface area contributed by atoms with Crippen molar-refractivity contribution in [3.63, 3.8) is 0 Å². The maximum atomic E-state index is 11.7. The van der Waals surface area contributed by atoms with Gasteiger partial charge in [0.2, 0.25) is 0 Å². The second kappa shape index (κ2) is 7.97. The number of carboxylic acid groups (broad SMARTS) is 1. The molecule has 5 fully saturated rings. The number of carboxylic acids is 1. The van der Waals surface area contributed by atoms with Gasteiger partial charge in [-0.3, -0.25) is 9.78 Å². The summed E-state index contributed by atoms with van der Waals surface area (Å²) in [6.07, 6.45) is 15.0. The minimum atomic E-state index is -0.596. The van der Waals surface area contributed by atoms with E-state index in [0.29, 0.717) is 11.5 Å². The van der Waals surface area contributed by atoms with Crippen LogP contribution in [0.5, 0.6) is 5.75 Å². The Morgan fingerprint density at radius 1 is 0.970 bits per heavy atom. The van der Waals surface area contributed by atoms with Crippen LogP contribution in [-0.4, -0.2) is 27.7 Å². The molecule has 0 atom stereocenters. The van der Waals surface area contributed by atoms with Gasteiger partial charge in [-0.15, -0.1) is 0 Å². The number of aromatic nitrogens is 1. The first kappa shape index (κ1) is 21.4. The molecule has 7 rings (SSSR count). The van der Waals surface area contributed by atoms with Crippen LogP contribution in [0.25, 0.3) is 10.9 Å². The molecule has 0 unspecified atom stereocenters. The van der Waals surface area contributed by atoms with Gasteiger partial charge in [0.05, 0.1) is 22.7 Å². The largest absolute Gasteiger partial charge is 0.490 e. The molecule has 2 aromatic rings. The Kier molecular flexibility index (Phi) is 5.17. The smallest absolute Gasteiger partial charge is 0.309 e. The summed E-state index contributed by atoms with van der Waals surface area (Å²) < 4.78 is 6.36. The summed E-state index contributed by atoms with van der Waals surface area (Å²) in [6, 6.07) is 10.6. The van der Waals surface area contributed by atoms with Crippen molar-refractivity contribution in [2.45, 2.75) is 102 Å². The van der Waals surface area contributed by atoms with Gasteiger partial charge >= 0.3 is 5.97 Å². The lowest BCUT2D eigenvalue weighted by molar-refractivity contribution is -0.156. The standard InChI is InChI=1S/C28H36N2O3/c31-25(32)27-12-15-28(16-13-27,17-14-27)29-19-21-3-2-20-18-23(4-5-24(20)30-21)33-22-6-10-26(11-7-22)8-1-9-26/h2-5,18,22,29H,1,6-17,19H2,(H,31,32). The van der Waals surface area contributed by atoms with E-state index in [0.717, 1.165) is 67.4 Å². The Hall–Kier alpha value is -2.14. The van der Waals surface area contributed by atoms with E-state index in [1.165, 1.54) is 44.9 Å². The van der Waals surface area contributed by atoms with Crippen LogP contribution in [0.2, 0.25) is 0 Å². The van der Waals surface area contributed by atoms with Gasteiger partial charge < -0.3 is 15.2 Å². The summed E-state index contributed by atoms with van der Waals surface area (Å²) in [5, 5.41) is 14.5. The molecule has 1 aromatic heterocycles. The number of hydrogen-bond donors (Lipinski definition) is 2. The predicted octanol–water partition coefficient (Wildman–Crippen LogP) is 5.99. The zero-order chi connectivity index (χ0) is 22.5. The summed E-state index contributed by atoms with van der Waals surface area (Å²) in [7, 11) is 0. The topological polar surface area (TPSA) is 71.5 Å². The fraction of sp³-hybridized carbons (Fsp3) is 0.643. The third-order valence-corrected chi connectivity index (χ3v) is 9.77. The maximum Gasteiger partial charge on any atom is 0.309 e. The fourth-order valence-electron chi connectivity index (χ4n) is 7.06. The van der Waals surface area contributed by atoms with Crippen molar-refractivity contribution in [2.24, 2.45) is 10.8 Å². The maximum absolute atomic E-state index is 11.7. The number of nitrogens with one attached hydrogen (secondary N) is 1. The average Bonchev–Trinajstić information content (AvgIpc) is 2.83. The van der Waals surface area contributed by atoms with E-state index in [-0.39, 0.29) is 5.54 Å². The molecular weight excluding hydrogens is 412 g/mol. The molecule has 0 amide bonds. The Bertz CT molecular complexity index is 1030. The molecular formula is C28H36N2O3. The normalized spacial score (nSPS) is 30.9. The zero-order valence-corrected chi connectivity index (χ0v) is 19.6. The van der Waals surface area contributed by atoms with Crippen molar-refractivity contribution < 1.29 is 14.6 Å². The first-order valence-electron chi connectivity index (χ1n) is 13.0. The van der Waals surface area contributed by atoms with Crippen LogP contribution < -0.4 is 10.1 Å².